The average Bonchev–Trinajstić information content (AvgIpc) is 2.24. The van der Waals surface area contributed by atoms with Crippen LogP contribution in [0.25, 0.3) is 0 Å². The summed E-state index contributed by atoms with van der Waals surface area (Å²) < 4.78 is 10.9. The maximum Gasteiger partial charge on any atom is 0.166 e. The molecule has 0 saturated heterocycles. The fourth-order valence-corrected chi connectivity index (χ4v) is 2.29. The van der Waals surface area contributed by atoms with Crippen LogP contribution in [-0.4, -0.2) is 31.0 Å². The first-order valence-electron chi connectivity index (χ1n) is 6.16. The van der Waals surface area contributed by atoms with E-state index in [9.17, 15) is 0 Å². The molecule has 0 saturated carbocycles. The van der Waals surface area contributed by atoms with Crippen molar-refractivity contribution in [1.29, 1.82) is 0 Å². The lowest BCUT2D eigenvalue weighted by Gasteiger charge is -2.16. The van der Waals surface area contributed by atoms with Gasteiger partial charge in [-0.05, 0) is 26.0 Å². The summed E-state index contributed by atoms with van der Waals surface area (Å²) in [7, 11) is 0. The van der Waals surface area contributed by atoms with Gasteiger partial charge >= 0.3 is 0 Å². The Labute approximate surface area is 99.1 Å². The highest BCUT2D eigenvalue weighted by atomic mass is 32.2. The van der Waals surface area contributed by atoms with Gasteiger partial charge in [-0.15, -0.1) is 0 Å². The molecule has 0 aliphatic heterocycles. The van der Waals surface area contributed by atoms with Gasteiger partial charge in [0, 0.05) is 19.0 Å². The van der Waals surface area contributed by atoms with E-state index in [1.54, 1.807) is 0 Å². The van der Waals surface area contributed by atoms with E-state index in [0.29, 0.717) is 0 Å². The molecule has 0 spiro atoms. The highest BCUT2D eigenvalue weighted by Crippen LogP contribution is 2.11. The van der Waals surface area contributed by atoms with Gasteiger partial charge in [-0.25, -0.2) is 0 Å². The first-order chi connectivity index (χ1) is 7.35. The van der Waals surface area contributed by atoms with Gasteiger partial charge in [-0.1, -0.05) is 26.2 Å². The van der Waals surface area contributed by atoms with Crippen molar-refractivity contribution in [2.75, 3.05) is 24.7 Å². The molecule has 0 rings (SSSR count). The van der Waals surface area contributed by atoms with Crippen LogP contribution >= 0.6 is 11.8 Å². The van der Waals surface area contributed by atoms with Crippen LogP contribution in [-0.2, 0) is 9.47 Å². The minimum Gasteiger partial charge on any atom is -0.352 e. The molecule has 0 aliphatic rings. The van der Waals surface area contributed by atoms with Gasteiger partial charge in [-0.3, -0.25) is 0 Å². The third kappa shape index (κ3) is 10.6. The molecule has 0 aromatic heterocycles. The van der Waals surface area contributed by atoms with Crippen LogP contribution in [0.1, 0.15) is 46.5 Å². The average molecular weight is 234 g/mol. The van der Waals surface area contributed by atoms with E-state index in [0.717, 1.165) is 19.0 Å². The highest BCUT2D eigenvalue weighted by Gasteiger charge is 2.06. The minimum atomic E-state index is -0.00354. The molecule has 3 heteroatoms. The third-order valence-electron chi connectivity index (χ3n) is 2.10. The van der Waals surface area contributed by atoms with Crippen molar-refractivity contribution in [1.82, 2.24) is 0 Å². The lowest BCUT2D eigenvalue weighted by atomic mass is 10.2. The van der Waals surface area contributed by atoms with Crippen molar-refractivity contribution >= 4 is 11.8 Å². The molecular formula is C12H26O2S. The molecule has 0 aromatic carbocycles. The number of ether oxygens (including phenoxy) is 2. The molecule has 0 N–H and O–H groups in total. The van der Waals surface area contributed by atoms with Crippen LogP contribution in [0.15, 0.2) is 0 Å². The first kappa shape index (κ1) is 15.3. The Bertz CT molecular complexity index is 114. The van der Waals surface area contributed by atoms with Gasteiger partial charge < -0.3 is 9.47 Å². The van der Waals surface area contributed by atoms with Gasteiger partial charge in [0.25, 0.3) is 0 Å². The summed E-state index contributed by atoms with van der Waals surface area (Å²) in [6.07, 6.45) is 5.35. The van der Waals surface area contributed by atoms with Crippen molar-refractivity contribution in [3.63, 3.8) is 0 Å². The molecule has 0 atom stereocenters. The zero-order valence-electron chi connectivity index (χ0n) is 10.5. The summed E-state index contributed by atoms with van der Waals surface area (Å²) in [5.41, 5.74) is 0. The molecule has 92 valence electrons. The molecule has 0 heterocycles. The van der Waals surface area contributed by atoms with Crippen LogP contribution in [0, 0.1) is 0 Å². The fraction of sp³-hybridized carbons (Fsp3) is 1.00. The number of rotatable bonds is 11. The zero-order chi connectivity index (χ0) is 11.4. The molecule has 0 amide bonds. The topological polar surface area (TPSA) is 18.5 Å². The predicted octanol–water partition coefficient (Wildman–Crippen LogP) is 3.70. The summed E-state index contributed by atoms with van der Waals surface area (Å²) in [5.74, 6) is 2.20. The van der Waals surface area contributed by atoms with Crippen molar-refractivity contribution < 1.29 is 9.47 Å². The van der Waals surface area contributed by atoms with Crippen LogP contribution in [0.5, 0.6) is 0 Å². The van der Waals surface area contributed by atoms with Gasteiger partial charge in [-0.2, -0.15) is 11.8 Å². The molecule has 0 radical (unpaired) electrons. The zero-order valence-corrected chi connectivity index (χ0v) is 11.3. The summed E-state index contributed by atoms with van der Waals surface area (Å²) in [6.45, 7) is 7.74. The number of unbranched alkanes of at least 4 members (excludes halogenated alkanes) is 3. The van der Waals surface area contributed by atoms with Crippen molar-refractivity contribution in [2.45, 2.75) is 52.7 Å². The van der Waals surface area contributed by atoms with Crippen LogP contribution in [0.3, 0.4) is 0 Å². The number of hydrogen-bond acceptors (Lipinski definition) is 3. The summed E-state index contributed by atoms with van der Waals surface area (Å²) >= 11 is 1.94. The molecule has 2 nitrogen and oxygen atoms in total. The minimum absolute atomic E-state index is 0.00354. The Morgan fingerprint density at radius 3 is 2.13 bits per heavy atom. The SMILES string of the molecule is CCCCCCSCC(OCC)OCC. The van der Waals surface area contributed by atoms with E-state index in [1.165, 1.54) is 31.4 Å². The second kappa shape index (κ2) is 12.3. The summed E-state index contributed by atoms with van der Waals surface area (Å²) in [6, 6.07) is 0. The fourth-order valence-electron chi connectivity index (χ4n) is 1.33. The molecule has 0 aromatic rings. The maximum absolute atomic E-state index is 5.47. The molecular weight excluding hydrogens is 208 g/mol. The Hall–Kier alpha value is 0.270. The van der Waals surface area contributed by atoms with Crippen molar-refractivity contribution in [3.05, 3.63) is 0 Å². The smallest absolute Gasteiger partial charge is 0.166 e. The van der Waals surface area contributed by atoms with Gasteiger partial charge in [0.2, 0.25) is 0 Å². The van der Waals surface area contributed by atoms with Crippen molar-refractivity contribution in [3.8, 4) is 0 Å². The molecule has 15 heavy (non-hydrogen) atoms. The second-order valence-corrected chi connectivity index (χ2v) is 4.63. The van der Waals surface area contributed by atoms with E-state index in [-0.39, 0.29) is 6.29 Å². The quantitative estimate of drug-likeness (QED) is 0.401. The van der Waals surface area contributed by atoms with Gasteiger partial charge in [0.1, 0.15) is 0 Å². The molecule has 0 fully saturated rings. The van der Waals surface area contributed by atoms with Crippen molar-refractivity contribution in [2.24, 2.45) is 0 Å². The van der Waals surface area contributed by atoms with Crippen LogP contribution < -0.4 is 0 Å². The van der Waals surface area contributed by atoms with Crippen LogP contribution in [0.2, 0.25) is 0 Å². The number of thioether (sulfide) groups is 1. The highest BCUT2D eigenvalue weighted by molar-refractivity contribution is 7.99. The maximum atomic E-state index is 5.47. The first-order valence-corrected chi connectivity index (χ1v) is 7.31. The van der Waals surface area contributed by atoms with E-state index >= 15 is 0 Å². The molecule has 0 unspecified atom stereocenters. The normalized spacial score (nSPS) is 11.2. The summed E-state index contributed by atoms with van der Waals surface area (Å²) in [4.78, 5) is 0. The molecule has 0 bridgehead atoms. The standard InChI is InChI=1S/C12H26O2S/c1-4-7-8-9-10-15-11-12(13-5-2)14-6-3/h12H,4-11H2,1-3H3. The largest absolute Gasteiger partial charge is 0.352 e. The Kier molecular flexibility index (Phi) is 12.6. The van der Waals surface area contributed by atoms with E-state index in [2.05, 4.69) is 6.92 Å². The monoisotopic (exact) mass is 234 g/mol. The predicted molar refractivity (Wildman–Crippen MR) is 68.5 cm³/mol. The Morgan fingerprint density at radius 1 is 0.933 bits per heavy atom. The Morgan fingerprint density at radius 2 is 1.60 bits per heavy atom. The molecule has 0 aliphatic carbocycles. The Balaban J connectivity index is 3.28. The second-order valence-electron chi connectivity index (χ2n) is 3.48. The van der Waals surface area contributed by atoms with E-state index < -0.39 is 0 Å². The van der Waals surface area contributed by atoms with E-state index in [4.69, 9.17) is 9.47 Å². The van der Waals surface area contributed by atoms with Gasteiger partial charge in [0.05, 0.1) is 0 Å². The van der Waals surface area contributed by atoms with Crippen LogP contribution in [0.4, 0.5) is 0 Å². The summed E-state index contributed by atoms with van der Waals surface area (Å²) in [5, 5.41) is 0. The lowest BCUT2D eigenvalue weighted by molar-refractivity contribution is -0.120. The number of hydrogen-bond donors (Lipinski definition) is 0. The van der Waals surface area contributed by atoms with E-state index in [1.807, 2.05) is 25.6 Å². The van der Waals surface area contributed by atoms with Gasteiger partial charge in [0.15, 0.2) is 6.29 Å². The lowest BCUT2D eigenvalue weighted by Crippen LogP contribution is -2.20. The third-order valence-corrected chi connectivity index (χ3v) is 3.19.